The minimum absolute atomic E-state index is 0.0918. The topological polar surface area (TPSA) is 107 Å². The van der Waals surface area contributed by atoms with Crippen LogP contribution in [0.4, 0.5) is 0 Å². The molecule has 28 heavy (non-hydrogen) atoms. The normalized spacial score (nSPS) is 54.6. The second-order valence-electron chi connectivity index (χ2n) is 10.7. The summed E-state index contributed by atoms with van der Waals surface area (Å²) in [4.78, 5) is 12.0. The Labute approximate surface area is 166 Å². The Bertz CT molecular complexity index is 714. The zero-order valence-electron chi connectivity index (χ0n) is 17.3. The van der Waals surface area contributed by atoms with Crippen LogP contribution in [0.3, 0.4) is 0 Å². The molecule has 6 heteroatoms. The monoisotopic (exact) mass is 394 g/mol. The summed E-state index contributed by atoms with van der Waals surface area (Å²) < 4.78 is 5.70. The molecule has 4 rings (SSSR count). The van der Waals surface area contributed by atoms with E-state index in [1.165, 1.54) is 6.92 Å². The molecule has 0 heterocycles. The highest BCUT2D eigenvalue weighted by atomic mass is 16.6. The maximum absolute atomic E-state index is 12.0. The van der Waals surface area contributed by atoms with Gasteiger partial charge in [0, 0.05) is 29.6 Å². The highest BCUT2D eigenvalue weighted by Gasteiger charge is 2.73. The number of aliphatic hydroxyl groups excluding tert-OH is 2. The minimum atomic E-state index is -1.48. The van der Waals surface area contributed by atoms with E-state index in [9.17, 15) is 25.2 Å². The van der Waals surface area contributed by atoms with E-state index < -0.39 is 52.2 Å². The van der Waals surface area contributed by atoms with Crippen molar-refractivity contribution in [2.45, 2.75) is 89.3 Å². The molecule has 4 fully saturated rings. The van der Waals surface area contributed by atoms with Crippen molar-refractivity contribution < 1.29 is 30.0 Å². The van der Waals surface area contributed by atoms with Gasteiger partial charge >= 0.3 is 5.97 Å². The summed E-state index contributed by atoms with van der Waals surface area (Å²) in [6, 6.07) is 0. The minimum Gasteiger partial charge on any atom is -0.459 e. The molecule has 2 bridgehead atoms. The van der Waals surface area contributed by atoms with Crippen molar-refractivity contribution in [1.29, 1.82) is 0 Å². The van der Waals surface area contributed by atoms with Gasteiger partial charge in [-0.1, -0.05) is 26.0 Å². The Morgan fingerprint density at radius 3 is 2.39 bits per heavy atom. The third kappa shape index (κ3) is 2.26. The fourth-order valence-corrected chi connectivity index (χ4v) is 7.53. The van der Waals surface area contributed by atoms with Crippen LogP contribution in [0.25, 0.3) is 0 Å². The number of esters is 1. The van der Waals surface area contributed by atoms with Crippen LogP contribution >= 0.6 is 0 Å². The molecule has 0 aromatic carbocycles. The first-order valence-corrected chi connectivity index (χ1v) is 10.5. The van der Waals surface area contributed by atoms with Gasteiger partial charge in [0.25, 0.3) is 0 Å². The third-order valence-electron chi connectivity index (χ3n) is 9.03. The summed E-state index contributed by atoms with van der Waals surface area (Å²) in [5.41, 5.74) is -3.27. The van der Waals surface area contributed by atoms with Crippen molar-refractivity contribution in [3.63, 3.8) is 0 Å². The average Bonchev–Trinajstić information content (AvgIpc) is 2.77. The van der Waals surface area contributed by atoms with E-state index in [0.717, 1.165) is 12.0 Å². The summed E-state index contributed by atoms with van der Waals surface area (Å²) in [5, 5.41) is 45.1. The Morgan fingerprint density at radius 1 is 1.14 bits per heavy atom. The zero-order valence-corrected chi connectivity index (χ0v) is 17.3. The van der Waals surface area contributed by atoms with Gasteiger partial charge in [-0.2, -0.15) is 0 Å². The zero-order chi connectivity index (χ0) is 20.9. The maximum Gasteiger partial charge on any atom is 0.303 e. The number of hydrogen-bond acceptors (Lipinski definition) is 6. The van der Waals surface area contributed by atoms with Gasteiger partial charge in [0.15, 0.2) is 0 Å². The second kappa shape index (κ2) is 5.81. The molecular formula is C22H34O6. The maximum atomic E-state index is 12.0. The number of aliphatic hydroxyl groups is 4. The molecule has 0 amide bonds. The van der Waals surface area contributed by atoms with Crippen LogP contribution in [0.2, 0.25) is 0 Å². The molecule has 0 aliphatic heterocycles. The van der Waals surface area contributed by atoms with Gasteiger partial charge in [-0.3, -0.25) is 4.79 Å². The Kier molecular flexibility index (Phi) is 4.22. The lowest BCUT2D eigenvalue weighted by atomic mass is 9.61. The number of ether oxygens (including phenoxy) is 1. The highest BCUT2D eigenvalue weighted by molar-refractivity contribution is 5.66. The van der Waals surface area contributed by atoms with E-state index in [0.29, 0.717) is 19.3 Å². The van der Waals surface area contributed by atoms with E-state index in [1.807, 2.05) is 0 Å². The van der Waals surface area contributed by atoms with Gasteiger partial charge in [0.2, 0.25) is 0 Å². The summed E-state index contributed by atoms with van der Waals surface area (Å²) in [5.74, 6) is -1.26. The van der Waals surface area contributed by atoms with Crippen molar-refractivity contribution in [3.05, 3.63) is 12.2 Å². The number of hydrogen-bond donors (Lipinski definition) is 4. The Hall–Kier alpha value is -0.950. The third-order valence-corrected chi connectivity index (χ3v) is 9.03. The van der Waals surface area contributed by atoms with Gasteiger partial charge in [0.1, 0.15) is 11.7 Å². The molecule has 9 atom stereocenters. The molecular weight excluding hydrogens is 360 g/mol. The van der Waals surface area contributed by atoms with Gasteiger partial charge < -0.3 is 25.2 Å². The van der Waals surface area contributed by atoms with Crippen LogP contribution in [-0.2, 0) is 9.53 Å². The van der Waals surface area contributed by atoms with Crippen molar-refractivity contribution in [2.75, 3.05) is 0 Å². The molecule has 158 valence electrons. The molecule has 0 radical (unpaired) electrons. The van der Waals surface area contributed by atoms with Crippen LogP contribution in [-0.4, -0.2) is 55.9 Å². The largest absolute Gasteiger partial charge is 0.459 e. The van der Waals surface area contributed by atoms with Crippen LogP contribution in [0, 0.1) is 28.6 Å². The van der Waals surface area contributed by atoms with Gasteiger partial charge in [-0.15, -0.1) is 0 Å². The summed E-state index contributed by atoms with van der Waals surface area (Å²) in [6.45, 7) is 11.0. The van der Waals surface area contributed by atoms with E-state index in [1.54, 1.807) is 20.8 Å². The van der Waals surface area contributed by atoms with Crippen LogP contribution < -0.4 is 0 Å². The molecule has 4 saturated carbocycles. The molecule has 9 unspecified atom stereocenters. The SMILES string of the molecule is C=C1C2CCC3C(O)C2(CC(OC(C)=O)C2(O)C1CC(O)C2(C)C)CC3(C)O. The van der Waals surface area contributed by atoms with Crippen LogP contribution in [0.5, 0.6) is 0 Å². The molecule has 6 nitrogen and oxygen atoms in total. The Morgan fingerprint density at radius 2 is 1.79 bits per heavy atom. The smallest absolute Gasteiger partial charge is 0.303 e. The van der Waals surface area contributed by atoms with Crippen molar-refractivity contribution in [3.8, 4) is 0 Å². The van der Waals surface area contributed by atoms with E-state index >= 15 is 0 Å². The predicted octanol–water partition coefficient (Wildman–Crippen LogP) is 1.54. The lowest BCUT2D eigenvalue weighted by molar-refractivity contribution is -0.198. The number of carbonyl (C=O) groups is 1. The van der Waals surface area contributed by atoms with Gasteiger partial charge in [-0.05, 0) is 44.9 Å². The van der Waals surface area contributed by atoms with Crippen LogP contribution in [0.15, 0.2) is 12.2 Å². The number of carbonyl (C=O) groups excluding carboxylic acids is 1. The fourth-order valence-electron chi connectivity index (χ4n) is 7.53. The molecule has 1 spiro atoms. The first-order chi connectivity index (χ1) is 12.8. The van der Waals surface area contributed by atoms with Gasteiger partial charge in [0.05, 0.1) is 17.8 Å². The van der Waals surface area contributed by atoms with E-state index in [4.69, 9.17) is 4.74 Å². The summed E-state index contributed by atoms with van der Waals surface area (Å²) >= 11 is 0. The fraction of sp³-hybridized carbons (Fsp3) is 0.864. The predicted molar refractivity (Wildman–Crippen MR) is 102 cm³/mol. The first kappa shape index (κ1) is 20.3. The first-order valence-electron chi connectivity index (χ1n) is 10.5. The van der Waals surface area contributed by atoms with Crippen LogP contribution in [0.1, 0.15) is 59.8 Å². The van der Waals surface area contributed by atoms with Gasteiger partial charge in [-0.25, -0.2) is 0 Å². The molecule has 4 N–H and O–H groups in total. The standard InChI is InChI=1S/C22H34O6/c1-11-13-6-7-14-18(25)21(13,10-20(14,5)26)9-17(28-12(2)23)22(27)15(11)8-16(24)19(22,3)4/h13-18,24-27H,1,6-10H2,2-5H3. The molecule has 4 aliphatic rings. The lowest BCUT2D eigenvalue weighted by Gasteiger charge is -2.47. The van der Waals surface area contributed by atoms with E-state index in [2.05, 4.69) is 6.58 Å². The van der Waals surface area contributed by atoms with E-state index in [-0.39, 0.29) is 18.3 Å². The highest BCUT2D eigenvalue weighted by Crippen LogP contribution is 2.69. The average molecular weight is 395 g/mol. The van der Waals surface area contributed by atoms with Crippen molar-refractivity contribution >= 4 is 5.97 Å². The van der Waals surface area contributed by atoms with Crippen molar-refractivity contribution in [1.82, 2.24) is 0 Å². The lowest BCUT2D eigenvalue weighted by Crippen LogP contribution is -2.58. The summed E-state index contributed by atoms with van der Waals surface area (Å²) in [6.07, 6.45) is 0.0770. The molecule has 0 aromatic heterocycles. The number of fused-ring (bicyclic) bond motifs is 2. The van der Waals surface area contributed by atoms with Crippen molar-refractivity contribution in [2.24, 2.45) is 28.6 Å². The molecule has 0 aromatic rings. The molecule has 4 aliphatic carbocycles. The quantitative estimate of drug-likeness (QED) is 0.397. The Balaban J connectivity index is 1.89. The molecule has 0 saturated heterocycles. The second-order valence-corrected chi connectivity index (χ2v) is 10.7. The summed E-state index contributed by atoms with van der Waals surface area (Å²) in [7, 11) is 0. The number of rotatable bonds is 1.